The number of halogens is 1. The van der Waals surface area contributed by atoms with Crippen molar-refractivity contribution in [2.45, 2.75) is 37.7 Å². The van der Waals surface area contributed by atoms with Crippen LogP contribution in [0.1, 0.15) is 25.3 Å². The molecule has 2 heterocycles. The Balaban J connectivity index is 1.63. The average Bonchev–Trinajstić information content (AvgIpc) is 2.76. The molecule has 0 radical (unpaired) electrons. The van der Waals surface area contributed by atoms with E-state index in [1.54, 1.807) is 17.9 Å². The van der Waals surface area contributed by atoms with Gasteiger partial charge in [-0.2, -0.15) is 0 Å². The average molecular weight is 452 g/mol. The molecule has 3 rings (SSSR count). The molecule has 0 saturated carbocycles. The minimum absolute atomic E-state index is 0.0193. The Morgan fingerprint density at radius 3 is 2.61 bits per heavy atom. The lowest BCUT2D eigenvalue weighted by Crippen LogP contribution is -2.43. The molecule has 1 aromatic heterocycles. The van der Waals surface area contributed by atoms with Crippen LogP contribution in [0, 0.1) is 12.7 Å². The first-order valence-corrected chi connectivity index (χ1v) is 11.6. The van der Waals surface area contributed by atoms with Gasteiger partial charge in [0.25, 0.3) is 0 Å². The number of piperidine rings is 1. The van der Waals surface area contributed by atoms with Gasteiger partial charge in [0, 0.05) is 54.5 Å². The fourth-order valence-electron chi connectivity index (χ4n) is 3.15. The molecule has 1 aliphatic rings. The van der Waals surface area contributed by atoms with Crippen LogP contribution in [-0.4, -0.2) is 63.6 Å². The third-order valence-electron chi connectivity index (χ3n) is 4.94. The lowest BCUT2D eigenvalue weighted by atomic mass is 10.1. The molecule has 1 saturated heterocycles. The molecule has 2 aromatic rings. The van der Waals surface area contributed by atoms with Crippen LogP contribution in [0.3, 0.4) is 0 Å². The van der Waals surface area contributed by atoms with E-state index in [9.17, 15) is 13.4 Å². The lowest BCUT2D eigenvalue weighted by molar-refractivity contribution is -0.137. The van der Waals surface area contributed by atoms with Crippen molar-refractivity contribution >= 4 is 16.7 Å². The van der Waals surface area contributed by atoms with Gasteiger partial charge >= 0.3 is 0 Å². The highest BCUT2D eigenvalue weighted by Gasteiger charge is 2.25. The van der Waals surface area contributed by atoms with Gasteiger partial charge in [0.15, 0.2) is 11.6 Å². The van der Waals surface area contributed by atoms with Crippen molar-refractivity contribution in [1.29, 1.82) is 0 Å². The number of carbonyl (C=O) groups is 1. The quantitative estimate of drug-likeness (QED) is 0.610. The van der Waals surface area contributed by atoms with Gasteiger partial charge in [-0.1, -0.05) is 0 Å². The fourth-order valence-corrected chi connectivity index (χ4v) is 3.68. The highest BCUT2D eigenvalue weighted by molar-refractivity contribution is 7.84. The van der Waals surface area contributed by atoms with E-state index in [1.165, 1.54) is 24.7 Å². The van der Waals surface area contributed by atoms with Crippen molar-refractivity contribution in [3.05, 3.63) is 35.9 Å². The number of rotatable bonds is 8. The fraction of sp³-hybridized carbons (Fsp3) is 0.476. The maximum Gasteiger partial charge on any atom is 0.248 e. The van der Waals surface area contributed by atoms with Crippen LogP contribution < -0.4 is 9.47 Å². The molecule has 0 N–H and O–H groups in total. The van der Waals surface area contributed by atoms with Crippen molar-refractivity contribution in [3.8, 4) is 17.5 Å². The number of ether oxygens (including phenoxy) is 3. The van der Waals surface area contributed by atoms with E-state index in [-0.39, 0.29) is 30.2 Å². The molecule has 1 aliphatic heterocycles. The van der Waals surface area contributed by atoms with E-state index in [4.69, 9.17) is 14.2 Å². The molecule has 1 aromatic carbocycles. The molecule has 1 amide bonds. The Hall–Kier alpha value is -2.59. The van der Waals surface area contributed by atoms with E-state index in [0.717, 1.165) is 0 Å². The predicted molar refractivity (Wildman–Crippen MR) is 112 cm³/mol. The maximum atomic E-state index is 14.3. The molecule has 10 heteroatoms. The van der Waals surface area contributed by atoms with Crippen molar-refractivity contribution in [2.75, 3.05) is 32.6 Å². The van der Waals surface area contributed by atoms with Crippen LogP contribution >= 0.6 is 0 Å². The summed E-state index contributed by atoms with van der Waals surface area (Å²) in [5.41, 5.74) is 0.542. The standard InChI is InChI=1S/C21H26FN3O5S/c1-4-28-12-19(26)25-9-7-15(8-10-25)29-20-14(2)21(24-13-23-20)30-18-6-5-16(31(3)27)11-17(18)22/h5-6,11,13,15H,4,7-10,12H2,1-3H3. The van der Waals surface area contributed by atoms with Gasteiger partial charge in [0.2, 0.25) is 17.7 Å². The Kier molecular flexibility index (Phi) is 7.91. The predicted octanol–water partition coefficient (Wildman–Crippen LogP) is 2.86. The Morgan fingerprint density at radius 1 is 1.26 bits per heavy atom. The molecule has 1 atom stereocenters. The third-order valence-corrected chi connectivity index (χ3v) is 5.85. The highest BCUT2D eigenvalue weighted by atomic mass is 32.2. The summed E-state index contributed by atoms with van der Waals surface area (Å²) in [5, 5.41) is 0. The summed E-state index contributed by atoms with van der Waals surface area (Å²) in [5.74, 6) is -0.135. The molecule has 0 aliphatic carbocycles. The topological polar surface area (TPSA) is 90.8 Å². The summed E-state index contributed by atoms with van der Waals surface area (Å²) in [6, 6.07) is 4.15. The van der Waals surface area contributed by atoms with Crippen molar-refractivity contribution in [2.24, 2.45) is 0 Å². The molecule has 8 nitrogen and oxygen atoms in total. The minimum Gasteiger partial charge on any atom is -0.474 e. The van der Waals surface area contributed by atoms with Gasteiger partial charge in [-0.25, -0.2) is 14.4 Å². The van der Waals surface area contributed by atoms with E-state index < -0.39 is 16.6 Å². The Bertz CT molecular complexity index is 951. The van der Waals surface area contributed by atoms with Crippen molar-refractivity contribution in [3.63, 3.8) is 0 Å². The van der Waals surface area contributed by atoms with Crippen molar-refractivity contribution in [1.82, 2.24) is 14.9 Å². The number of hydrogen-bond donors (Lipinski definition) is 0. The van der Waals surface area contributed by atoms with Crippen molar-refractivity contribution < 1.29 is 27.6 Å². The molecule has 31 heavy (non-hydrogen) atoms. The van der Waals surface area contributed by atoms with Crippen LogP contribution in [0.2, 0.25) is 0 Å². The summed E-state index contributed by atoms with van der Waals surface area (Å²) >= 11 is 0. The normalized spacial score (nSPS) is 15.5. The zero-order valence-corrected chi connectivity index (χ0v) is 18.6. The highest BCUT2D eigenvalue weighted by Crippen LogP contribution is 2.31. The zero-order valence-electron chi connectivity index (χ0n) is 17.8. The van der Waals surface area contributed by atoms with Crippen LogP contribution in [0.15, 0.2) is 29.4 Å². The van der Waals surface area contributed by atoms with Crippen LogP contribution in [0.4, 0.5) is 4.39 Å². The summed E-state index contributed by atoms with van der Waals surface area (Å²) in [6.07, 6.45) is 4.01. The third kappa shape index (κ3) is 5.98. The van der Waals surface area contributed by atoms with Crippen LogP contribution in [-0.2, 0) is 20.3 Å². The van der Waals surface area contributed by atoms with Crippen LogP contribution in [0.25, 0.3) is 0 Å². The number of nitrogens with zero attached hydrogens (tertiary/aromatic N) is 3. The number of aromatic nitrogens is 2. The maximum absolute atomic E-state index is 14.3. The number of hydrogen-bond acceptors (Lipinski definition) is 7. The number of likely N-dealkylation sites (tertiary alicyclic amines) is 1. The SMILES string of the molecule is CCOCC(=O)N1CCC(Oc2ncnc(Oc3ccc(S(C)=O)cc3F)c2C)CC1. The van der Waals surface area contributed by atoms with Gasteiger partial charge in [-0.05, 0) is 32.0 Å². The van der Waals surface area contributed by atoms with E-state index >= 15 is 0 Å². The second kappa shape index (κ2) is 10.6. The molecule has 168 valence electrons. The van der Waals surface area contributed by atoms with Crippen LogP contribution in [0.5, 0.6) is 17.5 Å². The number of amides is 1. The van der Waals surface area contributed by atoms with Gasteiger partial charge < -0.3 is 19.1 Å². The number of benzene rings is 1. The van der Waals surface area contributed by atoms with E-state index in [0.29, 0.717) is 48.9 Å². The molecule has 1 fully saturated rings. The summed E-state index contributed by atoms with van der Waals surface area (Å²) in [7, 11) is -1.29. The summed E-state index contributed by atoms with van der Waals surface area (Å²) < 4.78 is 42.6. The lowest BCUT2D eigenvalue weighted by Gasteiger charge is -2.32. The first-order valence-electron chi connectivity index (χ1n) is 10.0. The minimum atomic E-state index is -1.29. The second-order valence-corrected chi connectivity index (χ2v) is 8.47. The molecule has 1 unspecified atom stereocenters. The van der Waals surface area contributed by atoms with E-state index in [2.05, 4.69) is 9.97 Å². The van der Waals surface area contributed by atoms with Gasteiger partial charge in [0.1, 0.15) is 19.0 Å². The largest absolute Gasteiger partial charge is 0.474 e. The zero-order chi connectivity index (χ0) is 22.4. The summed E-state index contributed by atoms with van der Waals surface area (Å²) in [6.45, 7) is 5.36. The van der Waals surface area contributed by atoms with E-state index in [1.807, 2.05) is 6.92 Å². The molecule has 0 bridgehead atoms. The van der Waals surface area contributed by atoms with Gasteiger partial charge in [-0.3, -0.25) is 9.00 Å². The summed E-state index contributed by atoms with van der Waals surface area (Å²) in [4.78, 5) is 22.5. The smallest absolute Gasteiger partial charge is 0.248 e. The number of carbonyl (C=O) groups excluding carboxylic acids is 1. The second-order valence-electron chi connectivity index (χ2n) is 7.09. The molecular formula is C21H26FN3O5S. The first-order chi connectivity index (χ1) is 14.9. The monoisotopic (exact) mass is 451 g/mol. The molecular weight excluding hydrogens is 425 g/mol. The Labute approximate surface area is 183 Å². The molecule has 0 spiro atoms. The first kappa shape index (κ1) is 23.1. The van der Waals surface area contributed by atoms with Gasteiger partial charge in [-0.15, -0.1) is 0 Å². The van der Waals surface area contributed by atoms with Gasteiger partial charge in [0.05, 0.1) is 5.56 Å². The Morgan fingerprint density at radius 2 is 1.97 bits per heavy atom.